The first-order chi connectivity index (χ1) is 12.8. The monoisotopic (exact) mass is 406 g/mol. The number of hydrogen-bond donors (Lipinski definition) is 1. The predicted octanol–water partition coefficient (Wildman–Crippen LogP) is 4.10. The zero-order valence-corrected chi connectivity index (χ0v) is 16.7. The Morgan fingerprint density at radius 1 is 1.15 bits per heavy atom. The number of rotatable bonds is 6. The highest BCUT2D eigenvalue weighted by atomic mass is 35.5. The third kappa shape index (κ3) is 4.32. The highest BCUT2D eigenvalue weighted by molar-refractivity contribution is 7.89. The van der Waals surface area contributed by atoms with Gasteiger partial charge in [-0.1, -0.05) is 29.3 Å². The van der Waals surface area contributed by atoms with Crippen molar-refractivity contribution >= 4 is 21.6 Å². The summed E-state index contributed by atoms with van der Waals surface area (Å²) < 4.78 is 38.3. The molecule has 1 aromatic heterocycles. The average molecular weight is 407 g/mol. The van der Waals surface area contributed by atoms with Crippen LogP contribution in [-0.2, 0) is 16.6 Å². The molecule has 0 bridgehead atoms. The van der Waals surface area contributed by atoms with E-state index in [9.17, 15) is 8.42 Å². The maximum atomic E-state index is 12.5. The lowest BCUT2D eigenvalue weighted by atomic mass is 10.1. The van der Waals surface area contributed by atoms with Crippen LogP contribution in [0.3, 0.4) is 0 Å². The standard InChI is InChI=1S/C19H19ClN2O4S/c1-12-4-6-14(7-5-12)19-22-17(13(2)26-19)11-21-27(23,24)15-8-9-18(25-3)16(20)10-15/h4-10,21H,11H2,1-3H3. The summed E-state index contributed by atoms with van der Waals surface area (Å²) in [4.78, 5) is 4.46. The van der Waals surface area contributed by atoms with Crippen molar-refractivity contribution in [2.24, 2.45) is 0 Å². The maximum absolute atomic E-state index is 12.5. The lowest BCUT2D eigenvalue weighted by Gasteiger charge is -2.08. The number of nitrogens with zero attached hydrogens (tertiary/aromatic N) is 1. The SMILES string of the molecule is COc1ccc(S(=O)(=O)NCc2nc(-c3ccc(C)cc3)oc2C)cc1Cl. The Kier molecular flexibility index (Phi) is 5.55. The second kappa shape index (κ2) is 7.72. The number of sulfonamides is 1. The van der Waals surface area contributed by atoms with Crippen molar-refractivity contribution in [1.29, 1.82) is 0 Å². The molecule has 0 atom stereocenters. The molecule has 0 aliphatic carbocycles. The van der Waals surface area contributed by atoms with E-state index >= 15 is 0 Å². The van der Waals surface area contributed by atoms with Gasteiger partial charge in [-0.15, -0.1) is 0 Å². The summed E-state index contributed by atoms with van der Waals surface area (Å²) in [5.74, 6) is 1.42. The molecule has 0 unspecified atom stereocenters. The molecule has 8 heteroatoms. The molecular formula is C19H19ClN2O4S. The molecule has 0 aliphatic heterocycles. The van der Waals surface area contributed by atoms with Gasteiger partial charge in [0.15, 0.2) is 0 Å². The van der Waals surface area contributed by atoms with Gasteiger partial charge in [0.25, 0.3) is 0 Å². The minimum Gasteiger partial charge on any atom is -0.495 e. The molecule has 3 rings (SSSR count). The third-order valence-electron chi connectivity index (χ3n) is 4.05. The number of ether oxygens (including phenoxy) is 1. The molecule has 0 aliphatic rings. The van der Waals surface area contributed by atoms with Crippen molar-refractivity contribution in [3.8, 4) is 17.2 Å². The normalized spacial score (nSPS) is 11.6. The van der Waals surface area contributed by atoms with Crippen molar-refractivity contribution in [3.05, 3.63) is 64.5 Å². The van der Waals surface area contributed by atoms with Crippen molar-refractivity contribution in [1.82, 2.24) is 9.71 Å². The van der Waals surface area contributed by atoms with Gasteiger partial charge in [-0.3, -0.25) is 0 Å². The summed E-state index contributed by atoms with van der Waals surface area (Å²) >= 11 is 6.02. The lowest BCUT2D eigenvalue weighted by Crippen LogP contribution is -2.23. The van der Waals surface area contributed by atoms with Crippen LogP contribution < -0.4 is 9.46 Å². The van der Waals surface area contributed by atoms with E-state index in [1.165, 1.54) is 25.3 Å². The summed E-state index contributed by atoms with van der Waals surface area (Å²) in [6.07, 6.45) is 0. The fourth-order valence-electron chi connectivity index (χ4n) is 2.47. The molecule has 27 heavy (non-hydrogen) atoms. The Morgan fingerprint density at radius 2 is 1.85 bits per heavy atom. The van der Waals surface area contributed by atoms with Crippen LogP contribution in [0.15, 0.2) is 51.8 Å². The number of methoxy groups -OCH3 is 1. The minimum absolute atomic E-state index is 0.00712. The average Bonchev–Trinajstić information content (AvgIpc) is 3.01. The smallest absolute Gasteiger partial charge is 0.240 e. The van der Waals surface area contributed by atoms with Crippen molar-refractivity contribution in [3.63, 3.8) is 0 Å². The molecule has 0 saturated carbocycles. The molecule has 1 N–H and O–H groups in total. The van der Waals surface area contributed by atoms with E-state index in [1.54, 1.807) is 6.92 Å². The molecule has 0 fully saturated rings. The maximum Gasteiger partial charge on any atom is 0.240 e. The van der Waals surface area contributed by atoms with Gasteiger partial charge in [0, 0.05) is 5.56 Å². The van der Waals surface area contributed by atoms with E-state index in [0.29, 0.717) is 23.1 Å². The van der Waals surface area contributed by atoms with E-state index in [4.69, 9.17) is 20.8 Å². The number of benzene rings is 2. The second-order valence-corrected chi connectivity index (χ2v) is 8.18. The summed E-state index contributed by atoms with van der Waals surface area (Å²) in [5.41, 5.74) is 2.49. The zero-order valence-electron chi connectivity index (χ0n) is 15.1. The van der Waals surface area contributed by atoms with Gasteiger partial charge in [0.2, 0.25) is 15.9 Å². The van der Waals surface area contributed by atoms with Crippen LogP contribution >= 0.6 is 11.6 Å². The van der Waals surface area contributed by atoms with Gasteiger partial charge in [-0.05, 0) is 44.2 Å². The Morgan fingerprint density at radius 3 is 2.48 bits per heavy atom. The molecular weight excluding hydrogens is 388 g/mol. The number of hydrogen-bond acceptors (Lipinski definition) is 5. The largest absolute Gasteiger partial charge is 0.495 e. The highest BCUT2D eigenvalue weighted by Gasteiger charge is 2.18. The van der Waals surface area contributed by atoms with Crippen LogP contribution in [0.1, 0.15) is 17.0 Å². The molecule has 0 spiro atoms. The zero-order chi connectivity index (χ0) is 19.6. The molecule has 2 aromatic carbocycles. The first-order valence-electron chi connectivity index (χ1n) is 8.16. The molecule has 0 amide bonds. The molecule has 0 radical (unpaired) electrons. The van der Waals surface area contributed by atoms with Crippen LogP contribution in [-0.4, -0.2) is 20.5 Å². The number of halogens is 1. The summed E-state index contributed by atoms with van der Waals surface area (Å²) in [6, 6.07) is 12.0. The fraction of sp³-hybridized carbons (Fsp3) is 0.211. The Hall–Kier alpha value is -2.35. The number of nitrogens with one attached hydrogen (secondary N) is 1. The summed E-state index contributed by atoms with van der Waals surface area (Å²) in [5, 5.41) is 0.222. The topological polar surface area (TPSA) is 81.4 Å². The van der Waals surface area contributed by atoms with E-state index in [2.05, 4.69) is 9.71 Å². The van der Waals surface area contributed by atoms with Gasteiger partial charge in [0.1, 0.15) is 11.5 Å². The van der Waals surface area contributed by atoms with E-state index < -0.39 is 10.0 Å². The summed E-state index contributed by atoms with van der Waals surface area (Å²) in [6.45, 7) is 3.75. The minimum atomic E-state index is -3.76. The Balaban J connectivity index is 1.78. The molecule has 6 nitrogen and oxygen atoms in total. The molecule has 142 valence electrons. The van der Waals surface area contributed by atoms with E-state index in [-0.39, 0.29) is 16.5 Å². The second-order valence-electron chi connectivity index (χ2n) is 6.01. The van der Waals surface area contributed by atoms with E-state index in [1.807, 2.05) is 31.2 Å². The fourth-order valence-corrected chi connectivity index (χ4v) is 3.81. The lowest BCUT2D eigenvalue weighted by molar-refractivity contribution is 0.414. The van der Waals surface area contributed by atoms with Crippen LogP contribution in [0.5, 0.6) is 5.75 Å². The van der Waals surface area contributed by atoms with Gasteiger partial charge in [0.05, 0.1) is 29.3 Å². The Bertz CT molecular complexity index is 1060. The Labute approximate surface area is 163 Å². The molecule has 3 aromatic rings. The van der Waals surface area contributed by atoms with Crippen LogP contribution in [0.4, 0.5) is 0 Å². The van der Waals surface area contributed by atoms with Gasteiger partial charge >= 0.3 is 0 Å². The van der Waals surface area contributed by atoms with Crippen LogP contribution in [0.25, 0.3) is 11.5 Å². The van der Waals surface area contributed by atoms with Gasteiger partial charge in [-0.25, -0.2) is 18.1 Å². The number of aryl methyl sites for hydroxylation is 2. The first-order valence-corrected chi connectivity index (χ1v) is 10.0. The highest BCUT2D eigenvalue weighted by Crippen LogP contribution is 2.27. The van der Waals surface area contributed by atoms with E-state index in [0.717, 1.165) is 11.1 Å². The van der Waals surface area contributed by atoms with Crippen LogP contribution in [0, 0.1) is 13.8 Å². The quantitative estimate of drug-likeness (QED) is 0.666. The third-order valence-corrected chi connectivity index (χ3v) is 5.75. The van der Waals surface area contributed by atoms with Gasteiger partial charge in [-0.2, -0.15) is 0 Å². The number of aromatic nitrogens is 1. The molecule has 1 heterocycles. The molecule has 0 saturated heterocycles. The van der Waals surface area contributed by atoms with Gasteiger partial charge < -0.3 is 9.15 Å². The van der Waals surface area contributed by atoms with Crippen LogP contribution in [0.2, 0.25) is 5.02 Å². The van der Waals surface area contributed by atoms with Crippen molar-refractivity contribution in [2.75, 3.05) is 7.11 Å². The van der Waals surface area contributed by atoms with Crippen molar-refractivity contribution in [2.45, 2.75) is 25.3 Å². The van der Waals surface area contributed by atoms with Crippen molar-refractivity contribution < 1.29 is 17.6 Å². The summed E-state index contributed by atoms with van der Waals surface area (Å²) in [7, 11) is -2.29. The predicted molar refractivity (Wildman–Crippen MR) is 103 cm³/mol. The first kappa shape index (κ1) is 19.4. The number of oxazole rings is 1.